The van der Waals surface area contributed by atoms with Gasteiger partial charge in [-0.2, -0.15) is 0 Å². The Kier molecular flexibility index (Phi) is 3.68. The van der Waals surface area contributed by atoms with Crippen molar-refractivity contribution in [2.24, 2.45) is 0 Å². The molecule has 0 fully saturated rings. The highest BCUT2D eigenvalue weighted by atomic mass is 16.3. The Labute approximate surface area is 118 Å². The van der Waals surface area contributed by atoms with Gasteiger partial charge in [-0.1, -0.05) is 48.5 Å². The van der Waals surface area contributed by atoms with Crippen molar-refractivity contribution in [1.29, 1.82) is 0 Å². The van der Waals surface area contributed by atoms with E-state index in [1.54, 1.807) is 0 Å². The van der Waals surface area contributed by atoms with E-state index in [1.807, 2.05) is 18.2 Å². The maximum atomic E-state index is 9.28. The first-order valence-corrected chi connectivity index (χ1v) is 6.99. The molecule has 0 bridgehead atoms. The van der Waals surface area contributed by atoms with Crippen molar-refractivity contribution in [1.82, 2.24) is 0 Å². The largest absolute Gasteiger partial charge is 0.396 e. The van der Waals surface area contributed by atoms with Crippen molar-refractivity contribution in [2.75, 3.05) is 13.2 Å². The second kappa shape index (κ2) is 5.61. The van der Waals surface area contributed by atoms with Crippen LogP contribution in [0.15, 0.2) is 48.5 Å². The molecule has 0 aliphatic rings. The van der Waals surface area contributed by atoms with E-state index < -0.39 is 0 Å². The van der Waals surface area contributed by atoms with E-state index in [0.717, 1.165) is 0 Å². The first-order chi connectivity index (χ1) is 9.85. The molecule has 20 heavy (non-hydrogen) atoms. The van der Waals surface area contributed by atoms with E-state index in [2.05, 4.69) is 30.3 Å². The molecule has 0 unspecified atom stereocenters. The van der Waals surface area contributed by atoms with Gasteiger partial charge in [0, 0.05) is 13.2 Å². The summed E-state index contributed by atoms with van der Waals surface area (Å²) in [7, 11) is 0. The fraction of sp³-hybridized carbons (Fsp3) is 0.222. The second-order valence-corrected chi connectivity index (χ2v) is 5.04. The third-order valence-corrected chi connectivity index (χ3v) is 3.82. The van der Waals surface area contributed by atoms with Gasteiger partial charge in [0.25, 0.3) is 0 Å². The van der Waals surface area contributed by atoms with Gasteiger partial charge in [-0.05, 0) is 45.5 Å². The molecule has 0 aliphatic heterocycles. The molecule has 3 aromatic carbocycles. The van der Waals surface area contributed by atoms with Crippen LogP contribution >= 0.6 is 0 Å². The Bertz CT molecular complexity index is 743. The average molecular weight is 266 g/mol. The van der Waals surface area contributed by atoms with E-state index in [-0.39, 0.29) is 13.2 Å². The highest BCUT2D eigenvalue weighted by Gasteiger charge is 2.09. The smallest absolute Gasteiger partial charge is 0.0471 e. The third kappa shape index (κ3) is 2.17. The molecule has 2 heteroatoms. The molecule has 0 saturated heterocycles. The molecule has 2 nitrogen and oxygen atoms in total. The van der Waals surface area contributed by atoms with Crippen LogP contribution < -0.4 is 0 Å². The Morgan fingerprint density at radius 2 is 1.40 bits per heavy atom. The number of hydrogen-bond acceptors (Lipinski definition) is 2. The number of benzene rings is 3. The summed E-state index contributed by atoms with van der Waals surface area (Å²) in [5, 5.41) is 23.4. The van der Waals surface area contributed by atoms with Crippen LogP contribution in [0.4, 0.5) is 0 Å². The van der Waals surface area contributed by atoms with Crippen LogP contribution in [0.2, 0.25) is 0 Å². The van der Waals surface area contributed by atoms with E-state index >= 15 is 0 Å². The van der Waals surface area contributed by atoms with Gasteiger partial charge in [0.2, 0.25) is 0 Å². The molecule has 0 spiro atoms. The van der Waals surface area contributed by atoms with E-state index in [1.165, 1.54) is 32.7 Å². The quantitative estimate of drug-likeness (QED) is 0.712. The average Bonchev–Trinajstić information content (AvgIpc) is 2.48. The zero-order chi connectivity index (χ0) is 13.9. The maximum absolute atomic E-state index is 9.28. The Balaban J connectivity index is 2.43. The van der Waals surface area contributed by atoms with Gasteiger partial charge >= 0.3 is 0 Å². The second-order valence-electron chi connectivity index (χ2n) is 5.04. The van der Waals surface area contributed by atoms with Crippen LogP contribution in [0.1, 0.15) is 11.1 Å². The molecule has 3 rings (SSSR count). The highest BCUT2D eigenvalue weighted by Crippen LogP contribution is 2.31. The van der Waals surface area contributed by atoms with Gasteiger partial charge < -0.3 is 10.2 Å². The van der Waals surface area contributed by atoms with Crippen molar-refractivity contribution in [3.63, 3.8) is 0 Å². The zero-order valence-corrected chi connectivity index (χ0v) is 11.3. The number of hydrogen-bond donors (Lipinski definition) is 2. The summed E-state index contributed by atoms with van der Waals surface area (Å²) in [6, 6.07) is 16.7. The zero-order valence-electron chi connectivity index (χ0n) is 11.3. The van der Waals surface area contributed by atoms with Gasteiger partial charge in [-0.15, -0.1) is 0 Å². The van der Waals surface area contributed by atoms with Gasteiger partial charge in [-0.25, -0.2) is 0 Å². The summed E-state index contributed by atoms with van der Waals surface area (Å²) in [6.45, 7) is 0.301. The molecular weight excluding hydrogens is 248 g/mol. The molecule has 102 valence electrons. The lowest BCUT2D eigenvalue weighted by atomic mass is 9.92. The minimum Gasteiger partial charge on any atom is -0.396 e. The van der Waals surface area contributed by atoms with Gasteiger partial charge in [0.1, 0.15) is 0 Å². The normalized spacial score (nSPS) is 11.3. The summed E-state index contributed by atoms with van der Waals surface area (Å²) in [4.78, 5) is 0. The fourth-order valence-corrected chi connectivity index (χ4v) is 2.96. The molecule has 3 aromatic rings. The molecule has 0 radical (unpaired) electrons. The van der Waals surface area contributed by atoms with Crippen LogP contribution in [0.5, 0.6) is 0 Å². The van der Waals surface area contributed by atoms with E-state index in [9.17, 15) is 10.2 Å². The Hall–Kier alpha value is -1.90. The van der Waals surface area contributed by atoms with Crippen LogP contribution in [-0.2, 0) is 12.8 Å². The van der Waals surface area contributed by atoms with Crippen LogP contribution in [0, 0.1) is 0 Å². The summed E-state index contributed by atoms with van der Waals surface area (Å²) in [6.07, 6.45) is 1.31. The first-order valence-electron chi connectivity index (χ1n) is 6.99. The Morgan fingerprint density at radius 1 is 0.700 bits per heavy atom. The molecule has 0 aliphatic carbocycles. The van der Waals surface area contributed by atoms with Crippen LogP contribution in [-0.4, -0.2) is 23.4 Å². The maximum Gasteiger partial charge on any atom is 0.0471 e. The third-order valence-electron chi connectivity index (χ3n) is 3.82. The number of aliphatic hydroxyl groups is 2. The minimum absolute atomic E-state index is 0.150. The number of rotatable bonds is 4. The van der Waals surface area contributed by atoms with E-state index in [4.69, 9.17) is 0 Å². The van der Waals surface area contributed by atoms with Crippen molar-refractivity contribution >= 4 is 21.5 Å². The molecule has 0 aromatic heterocycles. The first kappa shape index (κ1) is 13.1. The summed E-state index contributed by atoms with van der Waals surface area (Å²) in [5.74, 6) is 0. The molecule has 0 saturated carbocycles. The van der Waals surface area contributed by atoms with Gasteiger partial charge in [-0.3, -0.25) is 0 Å². The molecule has 2 N–H and O–H groups in total. The summed E-state index contributed by atoms with van der Waals surface area (Å²) in [5.41, 5.74) is 2.34. The molecule has 0 atom stereocenters. The topological polar surface area (TPSA) is 40.5 Å². The highest BCUT2D eigenvalue weighted by molar-refractivity contribution is 6.10. The molecule has 0 amide bonds. The summed E-state index contributed by atoms with van der Waals surface area (Å²) >= 11 is 0. The van der Waals surface area contributed by atoms with Gasteiger partial charge in [0.15, 0.2) is 0 Å². The van der Waals surface area contributed by atoms with Crippen LogP contribution in [0.25, 0.3) is 21.5 Å². The van der Waals surface area contributed by atoms with E-state index in [0.29, 0.717) is 12.8 Å². The monoisotopic (exact) mass is 266 g/mol. The predicted octanol–water partition coefficient (Wildman–Crippen LogP) is 3.06. The van der Waals surface area contributed by atoms with Crippen molar-refractivity contribution in [3.05, 3.63) is 59.7 Å². The SMILES string of the molecule is OCCc1cc2ccccc2c2c(CCO)cccc12. The standard InChI is InChI=1S/C18H18O2/c19-10-8-13-5-3-7-17-15(9-11-20)12-14-4-1-2-6-16(14)18(13)17/h1-7,12,19-20H,8-11H2. The van der Waals surface area contributed by atoms with Crippen molar-refractivity contribution < 1.29 is 10.2 Å². The molecule has 0 heterocycles. The van der Waals surface area contributed by atoms with Gasteiger partial charge in [0.05, 0.1) is 0 Å². The Morgan fingerprint density at radius 3 is 2.20 bits per heavy atom. The summed E-state index contributed by atoms with van der Waals surface area (Å²) < 4.78 is 0. The lowest BCUT2D eigenvalue weighted by Gasteiger charge is -2.13. The lowest BCUT2D eigenvalue weighted by molar-refractivity contribution is 0.299. The van der Waals surface area contributed by atoms with Crippen molar-refractivity contribution in [2.45, 2.75) is 12.8 Å². The molecular formula is C18H18O2. The van der Waals surface area contributed by atoms with Crippen LogP contribution in [0.3, 0.4) is 0 Å². The fourth-order valence-electron chi connectivity index (χ4n) is 2.96. The predicted molar refractivity (Wildman–Crippen MR) is 83.0 cm³/mol. The number of fused-ring (bicyclic) bond motifs is 3. The number of aliphatic hydroxyl groups excluding tert-OH is 2. The minimum atomic E-state index is 0.150. The lowest BCUT2D eigenvalue weighted by Crippen LogP contribution is -1.97. The van der Waals surface area contributed by atoms with Crippen molar-refractivity contribution in [3.8, 4) is 0 Å².